The average molecular weight is 295 g/mol. The lowest BCUT2D eigenvalue weighted by Crippen LogP contribution is -2.25. The first-order valence-electron chi connectivity index (χ1n) is 6.18. The highest BCUT2D eigenvalue weighted by Gasteiger charge is 2.31. The fourth-order valence-corrected chi connectivity index (χ4v) is 3.51. The van der Waals surface area contributed by atoms with Crippen molar-refractivity contribution >= 4 is 40.2 Å². The summed E-state index contributed by atoms with van der Waals surface area (Å²) in [6.45, 7) is 2.29. The number of anilines is 1. The molecule has 0 radical (unpaired) electrons. The topological polar surface area (TPSA) is 37.4 Å². The fraction of sp³-hybridized carbons (Fsp3) is 0.429. The Morgan fingerprint density at radius 2 is 2.16 bits per heavy atom. The molecule has 1 amide bonds. The lowest BCUT2D eigenvalue weighted by Gasteiger charge is -2.19. The molecule has 1 aliphatic heterocycles. The maximum Gasteiger partial charge on any atom is 0.227 e. The van der Waals surface area contributed by atoms with E-state index in [4.69, 9.17) is 0 Å². The maximum absolute atomic E-state index is 12.1. The first kappa shape index (κ1) is 14.5. The summed E-state index contributed by atoms with van der Waals surface area (Å²) in [7, 11) is 0. The quantitative estimate of drug-likeness (QED) is 0.800. The van der Waals surface area contributed by atoms with E-state index in [0.29, 0.717) is 6.42 Å². The van der Waals surface area contributed by atoms with Crippen LogP contribution in [0.5, 0.6) is 0 Å². The van der Waals surface area contributed by atoms with Crippen molar-refractivity contribution in [3.8, 4) is 0 Å². The summed E-state index contributed by atoms with van der Waals surface area (Å²) in [5.74, 6) is 1.17. The standard InChI is InChI=1S/C14H17NO2S2/c1-10(16)19-9-11-7-14(17)15(8-11)12-5-3-4-6-13(12)18-2/h3-6,11H,7-9H2,1-2H3. The van der Waals surface area contributed by atoms with E-state index in [2.05, 4.69) is 0 Å². The second-order valence-corrected chi connectivity index (χ2v) is 6.59. The van der Waals surface area contributed by atoms with Crippen molar-refractivity contribution in [1.82, 2.24) is 0 Å². The molecule has 1 aliphatic rings. The van der Waals surface area contributed by atoms with Crippen LogP contribution in [0.4, 0.5) is 5.69 Å². The number of para-hydroxylation sites is 1. The van der Waals surface area contributed by atoms with Gasteiger partial charge in [-0.05, 0) is 24.3 Å². The van der Waals surface area contributed by atoms with E-state index in [1.807, 2.05) is 35.4 Å². The Bertz CT molecular complexity index is 490. The van der Waals surface area contributed by atoms with E-state index >= 15 is 0 Å². The van der Waals surface area contributed by atoms with Crippen molar-refractivity contribution in [1.29, 1.82) is 0 Å². The number of rotatable bonds is 4. The van der Waals surface area contributed by atoms with Gasteiger partial charge in [0, 0.05) is 30.5 Å². The predicted molar refractivity (Wildman–Crippen MR) is 81.8 cm³/mol. The Morgan fingerprint density at radius 3 is 2.84 bits per heavy atom. The Kier molecular flexibility index (Phi) is 4.93. The number of thioether (sulfide) groups is 2. The van der Waals surface area contributed by atoms with Gasteiger partial charge in [0.1, 0.15) is 0 Å². The van der Waals surface area contributed by atoms with Gasteiger partial charge in [-0.3, -0.25) is 9.59 Å². The first-order valence-corrected chi connectivity index (χ1v) is 8.39. The van der Waals surface area contributed by atoms with Crippen LogP contribution in [0.1, 0.15) is 13.3 Å². The van der Waals surface area contributed by atoms with Crippen LogP contribution in [0, 0.1) is 5.92 Å². The van der Waals surface area contributed by atoms with Crippen molar-refractivity contribution in [3.05, 3.63) is 24.3 Å². The molecule has 102 valence electrons. The highest BCUT2D eigenvalue weighted by atomic mass is 32.2. The van der Waals surface area contributed by atoms with Crippen LogP contribution >= 0.6 is 23.5 Å². The zero-order valence-corrected chi connectivity index (χ0v) is 12.7. The zero-order chi connectivity index (χ0) is 13.8. The van der Waals surface area contributed by atoms with Crippen LogP contribution in [0.15, 0.2) is 29.2 Å². The van der Waals surface area contributed by atoms with E-state index in [1.165, 1.54) is 11.8 Å². The van der Waals surface area contributed by atoms with Crippen LogP contribution in [-0.4, -0.2) is 29.6 Å². The van der Waals surface area contributed by atoms with Gasteiger partial charge in [0.2, 0.25) is 5.91 Å². The van der Waals surface area contributed by atoms with Crippen molar-refractivity contribution in [3.63, 3.8) is 0 Å². The summed E-state index contributed by atoms with van der Waals surface area (Å²) < 4.78 is 0. The van der Waals surface area contributed by atoms with Gasteiger partial charge in [0.05, 0.1) is 5.69 Å². The van der Waals surface area contributed by atoms with Gasteiger partial charge in [-0.25, -0.2) is 0 Å². The average Bonchev–Trinajstić information content (AvgIpc) is 2.77. The third-order valence-corrected chi connectivity index (χ3v) is 4.93. The van der Waals surface area contributed by atoms with Crippen molar-refractivity contribution in [2.75, 3.05) is 23.5 Å². The molecule has 0 bridgehead atoms. The van der Waals surface area contributed by atoms with Crippen molar-refractivity contribution in [2.45, 2.75) is 18.2 Å². The Labute approximate surface area is 122 Å². The molecular formula is C14H17NO2S2. The van der Waals surface area contributed by atoms with Gasteiger partial charge in [0.15, 0.2) is 5.12 Å². The minimum Gasteiger partial charge on any atom is -0.311 e. The summed E-state index contributed by atoms with van der Waals surface area (Å²) in [5, 5.41) is 0.121. The summed E-state index contributed by atoms with van der Waals surface area (Å²) >= 11 is 2.97. The van der Waals surface area contributed by atoms with Gasteiger partial charge < -0.3 is 4.90 Å². The molecule has 5 heteroatoms. The first-order chi connectivity index (χ1) is 9.11. The summed E-state index contributed by atoms with van der Waals surface area (Å²) in [4.78, 5) is 26.1. The van der Waals surface area contributed by atoms with Crippen LogP contribution in [0.2, 0.25) is 0 Å². The predicted octanol–water partition coefficient (Wildman–Crippen LogP) is 3.04. The Balaban J connectivity index is 2.09. The lowest BCUT2D eigenvalue weighted by molar-refractivity contribution is -0.117. The second kappa shape index (κ2) is 6.48. The normalized spacial score (nSPS) is 18.9. The van der Waals surface area contributed by atoms with E-state index in [-0.39, 0.29) is 16.9 Å². The molecule has 19 heavy (non-hydrogen) atoms. The number of amides is 1. The molecule has 1 atom stereocenters. The minimum atomic E-state index is 0.121. The third-order valence-electron chi connectivity index (χ3n) is 3.10. The highest BCUT2D eigenvalue weighted by molar-refractivity contribution is 8.13. The number of hydrogen-bond acceptors (Lipinski definition) is 4. The van der Waals surface area contributed by atoms with Crippen LogP contribution in [0.3, 0.4) is 0 Å². The van der Waals surface area contributed by atoms with Crippen molar-refractivity contribution < 1.29 is 9.59 Å². The monoisotopic (exact) mass is 295 g/mol. The molecule has 3 nitrogen and oxygen atoms in total. The van der Waals surface area contributed by atoms with Gasteiger partial charge in [-0.2, -0.15) is 0 Å². The molecule has 0 aliphatic carbocycles. The maximum atomic E-state index is 12.1. The zero-order valence-electron chi connectivity index (χ0n) is 11.1. The molecule has 1 aromatic carbocycles. The highest BCUT2D eigenvalue weighted by Crippen LogP contribution is 2.33. The molecule has 1 aromatic rings. The van der Waals surface area contributed by atoms with E-state index in [0.717, 1.165) is 22.9 Å². The smallest absolute Gasteiger partial charge is 0.227 e. The Morgan fingerprint density at radius 1 is 1.42 bits per heavy atom. The number of benzene rings is 1. The molecule has 1 fully saturated rings. The molecular weight excluding hydrogens is 278 g/mol. The summed E-state index contributed by atoms with van der Waals surface area (Å²) in [6, 6.07) is 7.97. The number of hydrogen-bond donors (Lipinski definition) is 0. The molecule has 1 saturated heterocycles. The molecule has 1 unspecified atom stereocenters. The van der Waals surface area contributed by atoms with E-state index in [1.54, 1.807) is 18.7 Å². The number of carbonyl (C=O) groups excluding carboxylic acids is 2. The van der Waals surface area contributed by atoms with Gasteiger partial charge in [-0.1, -0.05) is 23.9 Å². The van der Waals surface area contributed by atoms with E-state index < -0.39 is 0 Å². The van der Waals surface area contributed by atoms with Crippen LogP contribution in [0.25, 0.3) is 0 Å². The Hall–Kier alpha value is -0.940. The van der Waals surface area contributed by atoms with Gasteiger partial charge in [0.25, 0.3) is 0 Å². The largest absolute Gasteiger partial charge is 0.311 e. The SMILES string of the molecule is CSc1ccccc1N1CC(CSC(C)=O)CC1=O. The van der Waals surface area contributed by atoms with Gasteiger partial charge in [-0.15, -0.1) is 11.8 Å². The van der Waals surface area contributed by atoms with Gasteiger partial charge >= 0.3 is 0 Å². The molecule has 0 aromatic heterocycles. The number of carbonyl (C=O) groups is 2. The third kappa shape index (κ3) is 3.54. The second-order valence-electron chi connectivity index (χ2n) is 4.55. The summed E-state index contributed by atoms with van der Waals surface area (Å²) in [6.07, 6.45) is 2.56. The summed E-state index contributed by atoms with van der Waals surface area (Å²) in [5.41, 5.74) is 0.996. The van der Waals surface area contributed by atoms with Crippen LogP contribution < -0.4 is 4.90 Å². The van der Waals surface area contributed by atoms with Crippen molar-refractivity contribution in [2.24, 2.45) is 5.92 Å². The molecule has 0 N–H and O–H groups in total. The minimum absolute atomic E-state index is 0.121. The number of nitrogens with zero attached hydrogens (tertiary/aromatic N) is 1. The molecule has 1 heterocycles. The molecule has 2 rings (SSSR count). The lowest BCUT2D eigenvalue weighted by atomic mass is 10.1. The molecule has 0 saturated carbocycles. The fourth-order valence-electron chi connectivity index (χ4n) is 2.21. The molecule has 0 spiro atoms. The van der Waals surface area contributed by atoms with E-state index in [9.17, 15) is 9.59 Å². The van der Waals surface area contributed by atoms with Crippen LogP contribution in [-0.2, 0) is 9.59 Å².